The van der Waals surface area contributed by atoms with Crippen molar-refractivity contribution in [1.29, 1.82) is 0 Å². The van der Waals surface area contributed by atoms with E-state index in [9.17, 15) is 10.1 Å². The van der Waals surface area contributed by atoms with Crippen LogP contribution in [0.4, 0.5) is 5.69 Å². The Balaban J connectivity index is 2.49. The summed E-state index contributed by atoms with van der Waals surface area (Å²) in [5, 5.41) is 11.7. The molecule has 0 fully saturated rings. The van der Waals surface area contributed by atoms with Gasteiger partial charge in [-0.05, 0) is 26.0 Å². The summed E-state index contributed by atoms with van der Waals surface area (Å²) in [6.45, 7) is 2.46. The second-order valence-electron chi connectivity index (χ2n) is 3.84. The molecule has 5 nitrogen and oxygen atoms in total. The summed E-state index contributed by atoms with van der Waals surface area (Å²) < 4.78 is 0. The minimum Gasteiger partial charge on any atom is -0.330 e. The first kappa shape index (κ1) is 12.7. The normalized spacial score (nSPS) is 10.6. The van der Waals surface area contributed by atoms with E-state index >= 15 is 0 Å². The predicted molar refractivity (Wildman–Crippen MR) is 71.7 cm³/mol. The molecular weight excluding hydrogens is 250 g/mol. The summed E-state index contributed by atoms with van der Waals surface area (Å²) >= 11 is 1.47. The molecule has 2 rings (SSSR count). The highest BCUT2D eigenvalue weighted by Crippen LogP contribution is 2.34. The molecule has 1 aromatic heterocycles. The molecule has 2 N–H and O–H groups in total. The SMILES string of the molecule is Cc1nc(-c2ccccc2[N+](=O)[O-])sc1CCN. The fourth-order valence-corrected chi connectivity index (χ4v) is 2.83. The van der Waals surface area contributed by atoms with Crippen LogP contribution in [0.25, 0.3) is 10.6 Å². The highest BCUT2D eigenvalue weighted by molar-refractivity contribution is 7.15. The first-order chi connectivity index (χ1) is 8.63. The van der Waals surface area contributed by atoms with Gasteiger partial charge in [-0.1, -0.05) is 12.1 Å². The van der Waals surface area contributed by atoms with E-state index in [0.29, 0.717) is 17.1 Å². The van der Waals surface area contributed by atoms with Crippen molar-refractivity contribution in [2.75, 3.05) is 6.54 Å². The van der Waals surface area contributed by atoms with Gasteiger partial charge >= 0.3 is 0 Å². The highest BCUT2D eigenvalue weighted by Gasteiger charge is 2.18. The number of para-hydroxylation sites is 1. The number of nitro groups is 1. The third-order valence-corrected chi connectivity index (χ3v) is 3.85. The Morgan fingerprint density at radius 2 is 2.17 bits per heavy atom. The molecule has 0 spiro atoms. The van der Waals surface area contributed by atoms with Crippen LogP contribution in [0.2, 0.25) is 0 Å². The van der Waals surface area contributed by atoms with Crippen LogP contribution in [0.5, 0.6) is 0 Å². The number of hydrogen-bond acceptors (Lipinski definition) is 5. The van der Waals surface area contributed by atoms with Gasteiger partial charge < -0.3 is 5.73 Å². The molecule has 0 bridgehead atoms. The zero-order valence-corrected chi connectivity index (χ0v) is 10.7. The number of aryl methyl sites for hydroxylation is 1. The summed E-state index contributed by atoms with van der Waals surface area (Å²) in [5.41, 5.74) is 7.08. The summed E-state index contributed by atoms with van der Waals surface area (Å²) in [4.78, 5) is 16.1. The smallest absolute Gasteiger partial charge is 0.279 e. The molecule has 0 aliphatic rings. The van der Waals surface area contributed by atoms with E-state index in [-0.39, 0.29) is 10.6 Å². The summed E-state index contributed by atoms with van der Waals surface area (Å²) in [6, 6.07) is 6.65. The van der Waals surface area contributed by atoms with Gasteiger partial charge in [0.05, 0.1) is 16.2 Å². The lowest BCUT2D eigenvalue weighted by atomic mass is 10.2. The zero-order valence-electron chi connectivity index (χ0n) is 9.92. The monoisotopic (exact) mass is 263 g/mol. The van der Waals surface area contributed by atoms with E-state index in [1.54, 1.807) is 18.2 Å². The molecule has 0 aliphatic carbocycles. The summed E-state index contributed by atoms with van der Waals surface area (Å²) in [7, 11) is 0. The number of nitrogens with zero attached hydrogens (tertiary/aromatic N) is 2. The Labute approximate surface area is 108 Å². The lowest BCUT2D eigenvalue weighted by molar-refractivity contribution is -0.384. The lowest BCUT2D eigenvalue weighted by Gasteiger charge is -1.97. The van der Waals surface area contributed by atoms with E-state index in [2.05, 4.69) is 4.98 Å². The van der Waals surface area contributed by atoms with E-state index in [4.69, 9.17) is 5.73 Å². The number of benzene rings is 1. The molecule has 1 heterocycles. The number of thiazole rings is 1. The molecule has 0 saturated heterocycles. The molecule has 18 heavy (non-hydrogen) atoms. The van der Waals surface area contributed by atoms with Gasteiger partial charge in [0.15, 0.2) is 0 Å². The van der Waals surface area contributed by atoms with E-state index < -0.39 is 0 Å². The van der Waals surface area contributed by atoms with E-state index in [1.165, 1.54) is 17.4 Å². The minimum atomic E-state index is -0.380. The first-order valence-electron chi connectivity index (χ1n) is 5.53. The molecule has 0 amide bonds. The van der Waals surface area contributed by atoms with Crippen molar-refractivity contribution in [3.8, 4) is 10.6 Å². The molecule has 0 atom stereocenters. The second-order valence-corrected chi connectivity index (χ2v) is 4.92. The number of nitro benzene ring substituents is 1. The standard InChI is InChI=1S/C12H13N3O2S/c1-8-11(6-7-13)18-12(14-8)9-4-2-3-5-10(9)15(16)17/h2-5H,6-7,13H2,1H3. The maximum atomic E-state index is 11.0. The predicted octanol–water partition coefficient (Wildman–Crippen LogP) is 2.53. The van der Waals surface area contributed by atoms with Crippen molar-refractivity contribution in [2.45, 2.75) is 13.3 Å². The van der Waals surface area contributed by atoms with Crippen LogP contribution in [0, 0.1) is 17.0 Å². The largest absolute Gasteiger partial charge is 0.330 e. The van der Waals surface area contributed by atoms with Gasteiger partial charge in [0.25, 0.3) is 5.69 Å². The van der Waals surface area contributed by atoms with Crippen molar-refractivity contribution in [2.24, 2.45) is 5.73 Å². The Hall–Kier alpha value is -1.79. The summed E-state index contributed by atoms with van der Waals surface area (Å²) in [5.74, 6) is 0. The van der Waals surface area contributed by atoms with E-state index in [1.807, 2.05) is 6.92 Å². The van der Waals surface area contributed by atoms with Crippen molar-refractivity contribution in [3.05, 3.63) is 45.0 Å². The molecule has 1 aromatic carbocycles. The van der Waals surface area contributed by atoms with Crippen LogP contribution >= 0.6 is 11.3 Å². The molecule has 0 radical (unpaired) electrons. The number of rotatable bonds is 4. The Bertz CT molecular complexity index is 580. The average molecular weight is 263 g/mol. The maximum absolute atomic E-state index is 11.0. The Morgan fingerprint density at radius 3 is 2.83 bits per heavy atom. The molecule has 2 aromatic rings. The van der Waals surface area contributed by atoms with Gasteiger partial charge in [-0.15, -0.1) is 11.3 Å². The molecule has 0 aliphatic heterocycles. The van der Waals surface area contributed by atoms with E-state index in [0.717, 1.165) is 17.0 Å². The molecular formula is C12H13N3O2S. The molecule has 0 saturated carbocycles. The first-order valence-corrected chi connectivity index (χ1v) is 6.35. The number of nitrogens with two attached hydrogens (primary N) is 1. The van der Waals surface area contributed by atoms with Crippen LogP contribution in [0.1, 0.15) is 10.6 Å². The lowest BCUT2D eigenvalue weighted by Crippen LogP contribution is -2.01. The van der Waals surface area contributed by atoms with Gasteiger partial charge in [0.1, 0.15) is 5.01 Å². The quantitative estimate of drug-likeness (QED) is 0.678. The maximum Gasteiger partial charge on any atom is 0.279 e. The van der Waals surface area contributed by atoms with Gasteiger partial charge in [0.2, 0.25) is 0 Å². The van der Waals surface area contributed by atoms with Crippen LogP contribution in [0.3, 0.4) is 0 Å². The van der Waals surface area contributed by atoms with Crippen LogP contribution in [-0.4, -0.2) is 16.5 Å². The zero-order chi connectivity index (χ0) is 13.1. The number of hydrogen-bond donors (Lipinski definition) is 1. The van der Waals surface area contributed by atoms with Gasteiger partial charge in [-0.2, -0.15) is 0 Å². The van der Waals surface area contributed by atoms with Gasteiger partial charge in [-0.3, -0.25) is 10.1 Å². The minimum absolute atomic E-state index is 0.0885. The highest BCUT2D eigenvalue weighted by atomic mass is 32.1. The Morgan fingerprint density at radius 1 is 1.44 bits per heavy atom. The third kappa shape index (κ3) is 2.39. The second kappa shape index (κ2) is 5.24. The number of aromatic nitrogens is 1. The third-order valence-electron chi connectivity index (χ3n) is 2.60. The topological polar surface area (TPSA) is 82.0 Å². The van der Waals surface area contributed by atoms with Crippen molar-refractivity contribution >= 4 is 17.0 Å². The molecule has 94 valence electrons. The van der Waals surface area contributed by atoms with Crippen molar-refractivity contribution in [1.82, 2.24) is 4.98 Å². The van der Waals surface area contributed by atoms with Crippen LogP contribution in [-0.2, 0) is 6.42 Å². The van der Waals surface area contributed by atoms with Crippen molar-refractivity contribution < 1.29 is 4.92 Å². The average Bonchev–Trinajstić information content (AvgIpc) is 2.71. The van der Waals surface area contributed by atoms with Crippen LogP contribution < -0.4 is 5.73 Å². The fraction of sp³-hybridized carbons (Fsp3) is 0.250. The fourth-order valence-electron chi connectivity index (χ4n) is 1.72. The molecule has 0 unspecified atom stereocenters. The summed E-state index contributed by atoms with van der Waals surface area (Å²) in [6.07, 6.45) is 0.754. The van der Waals surface area contributed by atoms with Crippen LogP contribution in [0.15, 0.2) is 24.3 Å². The van der Waals surface area contributed by atoms with Crippen molar-refractivity contribution in [3.63, 3.8) is 0 Å². The molecule has 6 heteroatoms. The van der Waals surface area contributed by atoms with Gasteiger partial charge in [0, 0.05) is 10.9 Å². The Kier molecular flexibility index (Phi) is 3.69. The van der Waals surface area contributed by atoms with Gasteiger partial charge in [-0.25, -0.2) is 4.98 Å².